The summed E-state index contributed by atoms with van der Waals surface area (Å²) in [6.45, 7) is 5.46. The topological polar surface area (TPSA) is 58.8 Å². The predicted molar refractivity (Wildman–Crippen MR) is 92.0 cm³/mol. The summed E-state index contributed by atoms with van der Waals surface area (Å²) in [6, 6.07) is 7.56. The Bertz CT molecular complexity index is 704. The number of furan rings is 1. The molecular weight excluding hydrogens is 318 g/mol. The molecule has 0 aliphatic carbocycles. The predicted octanol–water partition coefficient (Wildman–Crippen LogP) is 2.04. The van der Waals surface area contributed by atoms with Crippen LogP contribution in [0.3, 0.4) is 0 Å². The molecule has 0 radical (unpaired) electrons. The zero-order valence-electron chi connectivity index (χ0n) is 14.3. The second-order valence-corrected chi connectivity index (χ2v) is 7.08. The minimum Gasteiger partial charge on any atom is -0.459 e. The molecule has 2 aliphatic heterocycles. The number of carbonyl (C=O) groups is 1. The van der Waals surface area contributed by atoms with Gasteiger partial charge in [-0.15, -0.1) is 0 Å². The van der Waals surface area contributed by atoms with Gasteiger partial charge < -0.3 is 14.1 Å². The van der Waals surface area contributed by atoms with Crippen LogP contribution in [0.5, 0.6) is 0 Å². The van der Waals surface area contributed by atoms with Gasteiger partial charge in [0.1, 0.15) is 0 Å². The SMILES string of the molecule is O=C(c1ccco1)N1CCOCC2(CCN(Cc3cccnc3)C2)C1. The van der Waals surface area contributed by atoms with Gasteiger partial charge in [-0.2, -0.15) is 0 Å². The highest BCUT2D eigenvalue weighted by molar-refractivity contribution is 5.91. The van der Waals surface area contributed by atoms with E-state index in [2.05, 4.69) is 16.0 Å². The van der Waals surface area contributed by atoms with Gasteiger partial charge in [0, 0.05) is 44.0 Å². The van der Waals surface area contributed by atoms with E-state index in [1.54, 1.807) is 24.6 Å². The fraction of sp³-hybridized carbons (Fsp3) is 0.474. The van der Waals surface area contributed by atoms with Crippen molar-refractivity contribution in [2.45, 2.75) is 13.0 Å². The van der Waals surface area contributed by atoms with Crippen LogP contribution in [-0.4, -0.2) is 60.1 Å². The summed E-state index contributed by atoms with van der Waals surface area (Å²) in [4.78, 5) is 21.2. The third kappa shape index (κ3) is 3.60. The molecule has 4 rings (SSSR count). The second-order valence-electron chi connectivity index (χ2n) is 7.08. The summed E-state index contributed by atoms with van der Waals surface area (Å²) < 4.78 is 11.2. The molecule has 2 saturated heterocycles. The van der Waals surface area contributed by atoms with Crippen molar-refractivity contribution in [1.29, 1.82) is 0 Å². The zero-order valence-corrected chi connectivity index (χ0v) is 14.3. The normalized spacial score (nSPS) is 24.6. The first-order chi connectivity index (χ1) is 12.2. The number of carbonyl (C=O) groups excluding carboxylic acids is 1. The monoisotopic (exact) mass is 341 g/mol. The summed E-state index contributed by atoms with van der Waals surface area (Å²) in [5, 5.41) is 0. The highest BCUT2D eigenvalue weighted by Gasteiger charge is 2.42. The Morgan fingerprint density at radius 2 is 2.20 bits per heavy atom. The molecule has 2 aliphatic rings. The smallest absolute Gasteiger partial charge is 0.289 e. The van der Waals surface area contributed by atoms with Gasteiger partial charge in [0.15, 0.2) is 5.76 Å². The lowest BCUT2D eigenvalue weighted by atomic mass is 9.87. The summed E-state index contributed by atoms with van der Waals surface area (Å²) in [5.74, 6) is 0.364. The summed E-state index contributed by atoms with van der Waals surface area (Å²) >= 11 is 0. The van der Waals surface area contributed by atoms with Gasteiger partial charge in [-0.05, 0) is 36.7 Å². The lowest BCUT2D eigenvalue weighted by molar-refractivity contribution is 0.0625. The van der Waals surface area contributed by atoms with Gasteiger partial charge in [-0.3, -0.25) is 14.7 Å². The number of nitrogens with zero attached hydrogens (tertiary/aromatic N) is 3. The molecule has 1 spiro atoms. The fourth-order valence-corrected chi connectivity index (χ4v) is 3.88. The quantitative estimate of drug-likeness (QED) is 0.855. The Morgan fingerprint density at radius 3 is 3.00 bits per heavy atom. The number of aromatic nitrogens is 1. The van der Waals surface area contributed by atoms with Gasteiger partial charge in [-0.1, -0.05) is 6.07 Å². The van der Waals surface area contributed by atoms with E-state index in [0.29, 0.717) is 25.5 Å². The Balaban J connectivity index is 1.44. The van der Waals surface area contributed by atoms with Crippen LogP contribution in [0, 0.1) is 5.41 Å². The summed E-state index contributed by atoms with van der Waals surface area (Å²) in [5.41, 5.74) is 1.22. The van der Waals surface area contributed by atoms with Crippen LogP contribution in [0.15, 0.2) is 47.3 Å². The van der Waals surface area contributed by atoms with Crippen molar-refractivity contribution in [2.24, 2.45) is 5.41 Å². The fourth-order valence-electron chi connectivity index (χ4n) is 3.88. The van der Waals surface area contributed by atoms with Crippen molar-refractivity contribution in [3.63, 3.8) is 0 Å². The summed E-state index contributed by atoms with van der Waals surface area (Å²) in [7, 11) is 0. The minimum atomic E-state index is -0.0411. The standard InChI is InChI=1S/C19H23N3O3/c23-18(17-4-2-9-25-17)22-8-10-24-15-19(14-22)5-7-21(13-19)12-16-3-1-6-20-11-16/h1-4,6,9,11H,5,7-8,10,12-15H2. The van der Waals surface area contributed by atoms with Crippen molar-refractivity contribution in [1.82, 2.24) is 14.8 Å². The lowest BCUT2D eigenvalue weighted by Gasteiger charge is -2.31. The molecule has 0 bridgehead atoms. The molecule has 0 aromatic carbocycles. The van der Waals surface area contributed by atoms with E-state index < -0.39 is 0 Å². The van der Waals surface area contributed by atoms with Crippen molar-refractivity contribution in [3.05, 3.63) is 54.2 Å². The maximum Gasteiger partial charge on any atom is 0.289 e. The van der Waals surface area contributed by atoms with Gasteiger partial charge in [0.05, 0.1) is 19.5 Å². The van der Waals surface area contributed by atoms with Gasteiger partial charge >= 0.3 is 0 Å². The highest BCUT2D eigenvalue weighted by Crippen LogP contribution is 2.34. The molecule has 6 heteroatoms. The molecule has 4 heterocycles. The van der Waals surface area contributed by atoms with Crippen molar-refractivity contribution >= 4 is 5.91 Å². The maximum atomic E-state index is 12.7. The molecule has 1 amide bonds. The molecule has 1 unspecified atom stereocenters. The van der Waals surface area contributed by atoms with E-state index >= 15 is 0 Å². The van der Waals surface area contributed by atoms with Crippen molar-refractivity contribution in [2.75, 3.05) is 39.4 Å². The zero-order chi connectivity index (χ0) is 17.1. The molecule has 25 heavy (non-hydrogen) atoms. The molecule has 2 aromatic rings. The number of pyridine rings is 1. The second kappa shape index (κ2) is 6.98. The average Bonchev–Trinajstić information content (AvgIpc) is 3.24. The first-order valence-corrected chi connectivity index (χ1v) is 8.76. The minimum absolute atomic E-state index is 0.000954. The molecule has 0 N–H and O–H groups in total. The third-order valence-corrected chi connectivity index (χ3v) is 5.11. The number of likely N-dealkylation sites (tertiary alicyclic amines) is 1. The Morgan fingerprint density at radius 1 is 1.24 bits per heavy atom. The number of hydrogen-bond acceptors (Lipinski definition) is 5. The maximum absolute atomic E-state index is 12.7. The van der Waals surface area contributed by atoms with E-state index in [0.717, 1.165) is 32.6 Å². The molecule has 1 atom stereocenters. The van der Waals surface area contributed by atoms with Crippen LogP contribution in [0.25, 0.3) is 0 Å². The van der Waals surface area contributed by atoms with Crippen LogP contribution >= 0.6 is 0 Å². The van der Waals surface area contributed by atoms with E-state index in [4.69, 9.17) is 9.15 Å². The van der Waals surface area contributed by atoms with Gasteiger partial charge in [0.25, 0.3) is 5.91 Å². The highest BCUT2D eigenvalue weighted by atomic mass is 16.5. The third-order valence-electron chi connectivity index (χ3n) is 5.11. The Hall–Kier alpha value is -2.18. The first kappa shape index (κ1) is 16.3. The number of rotatable bonds is 3. The van der Waals surface area contributed by atoms with Crippen LogP contribution in [0.4, 0.5) is 0 Å². The Kier molecular flexibility index (Phi) is 4.55. The van der Waals surface area contributed by atoms with Gasteiger partial charge in [-0.25, -0.2) is 0 Å². The van der Waals surface area contributed by atoms with E-state index in [9.17, 15) is 4.79 Å². The van der Waals surface area contributed by atoms with Crippen LogP contribution in [0.2, 0.25) is 0 Å². The Labute approximate surface area is 147 Å². The summed E-state index contributed by atoms with van der Waals surface area (Å²) in [6.07, 6.45) is 6.30. The lowest BCUT2D eigenvalue weighted by Crippen LogP contribution is -2.43. The molecule has 6 nitrogen and oxygen atoms in total. The molecule has 132 valence electrons. The molecular formula is C19H23N3O3. The first-order valence-electron chi connectivity index (χ1n) is 8.76. The number of hydrogen-bond donors (Lipinski definition) is 0. The average molecular weight is 341 g/mol. The molecule has 0 saturated carbocycles. The molecule has 2 aromatic heterocycles. The van der Waals surface area contributed by atoms with E-state index in [-0.39, 0.29) is 11.3 Å². The van der Waals surface area contributed by atoms with Gasteiger partial charge in [0.2, 0.25) is 0 Å². The number of amides is 1. The van der Waals surface area contributed by atoms with Crippen LogP contribution in [-0.2, 0) is 11.3 Å². The van der Waals surface area contributed by atoms with Crippen LogP contribution in [0.1, 0.15) is 22.5 Å². The van der Waals surface area contributed by atoms with E-state index in [1.807, 2.05) is 17.2 Å². The number of ether oxygens (including phenoxy) is 1. The molecule has 2 fully saturated rings. The van der Waals surface area contributed by atoms with Crippen molar-refractivity contribution < 1.29 is 13.9 Å². The largest absolute Gasteiger partial charge is 0.459 e. The van der Waals surface area contributed by atoms with Crippen molar-refractivity contribution in [3.8, 4) is 0 Å². The van der Waals surface area contributed by atoms with E-state index in [1.165, 1.54) is 5.56 Å². The van der Waals surface area contributed by atoms with Crippen LogP contribution < -0.4 is 0 Å².